The molecule has 3 aromatic rings. The van der Waals surface area contributed by atoms with Crippen LogP contribution in [0.1, 0.15) is 22.8 Å². The van der Waals surface area contributed by atoms with Crippen LogP contribution in [-0.4, -0.2) is 43.8 Å². The van der Waals surface area contributed by atoms with E-state index in [1.807, 2.05) is 49.4 Å². The van der Waals surface area contributed by atoms with Crippen molar-refractivity contribution in [2.75, 3.05) is 38.2 Å². The van der Waals surface area contributed by atoms with Crippen molar-refractivity contribution >= 4 is 32.6 Å². The molecular formula is C21H24N3O3S+. The lowest BCUT2D eigenvalue weighted by Gasteiger charge is -2.23. The molecule has 1 aliphatic heterocycles. The number of ether oxygens (including phenoxy) is 2. The third-order valence-electron chi connectivity index (χ3n) is 4.76. The predicted octanol–water partition coefficient (Wildman–Crippen LogP) is 2.36. The van der Waals surface area contributed by atoms with Crippen LogP contribution in [-0.2, 0) is 11.3 Å². The Morgan fingerprint density at radius 1 is 1.21 bits per heavy atom. The van der Waals surface area contributed by atoms with Crippen molar-refractivity contribution in [2.45, 2.75) is 13.5 Å². The van der Waals surface area contributed by atoms with Crippen LogP contribution in [0.25, 0.3) is 10.2 Å². The van der Waals surface area contributed by atoms with Crippen LogP contribution in [0.2, 0.25) is 0 Å². The summed E-state index contributed by atoms with van der Waals surface area (Å²) in [7, 11) is 0. The third-order valence-corrected chi connectivity index (χ3v) is 5.70. The van der Waals surface area contributed by atoms with Crippen LogP contribution in [0.5, 0.6) is 5.75 Å². The minimum absolute atomic E-state index is 0.144. The van der Waals surface area contributed by atoms with E-state index >= 15 is 0 Å². The summed E-state index contributed by atoms with van der Waals surface area (Å²) in [6, 6.07) is 13.6. The molecule has 0 saturated carbocycles. The first kappa shape index (κ1) is 18.9. The van der Waals surface area contributed by atoms with Gasteiger partial charge in [-0.05, 0) is 37.3 Å². The van der Waals surface area contributed by atoms with Gasteiger partial charge in [0.1, 0.15) is 25.4 Å². The summed E-state index contributed by atoms with van der Waals surface area (Å²) in [6.07, 6.45) is 0. The van der Waals surface area contributed by atoms with Gasteiger partial charge < -0.3 is 14.4 Å². The van der Waals surface area contributed by atoms with Gasteiger partial charge in [-0.25, -0.2) is 4.98 Å². The van der Waals surface area contributed by atoms with E-state index < -0.39 is 0 Å². The van der Waals surface area contributed by atoms with Crippen LogP contribution in [0, 0.1) is 0 Å². The number of nitrogens with zero attached hydrogens (tertiary/aromatic N) is 1. The molecule has 1 aromatic heterocycles. The van der Waals surface area contributed by atoms with Crippen molar-refractivity contribution < 1.29 is 19.2 Å². The third kappa shape index (κ3) is 4.49. The number of rotatable bonds is 6. The van der Waals surface area contributed by atoms with Crippen LogP contribution in [0.3, 0.4) is 0 Å². The summed E-state index contributed by atoms with van der Waals surface area (Å²) in [4.78, 5) is 18.6. The largest absolute Gasteiger partial charge is 0.494 e. The normalized spacial score (nSPS) is 14.9. The summed E-state index contributed by atoms with van der Waals surface area (Å²) in [6.45, 7) is 7.25. The highest BCUT2D eigenvalue weighted by molar-refractivity contribution is 7.22. The zero-order valence-electron chi connectivity index (χ0n) is 15.9. The number of fused-ring (bicyclic) bond motifs is 1. The molecule has 28 heavy (non-hydrogen) atoms. The van der Waals surface area contributed by atoms with Gasteiger partial charge in [0.2, 0.25) is 0 Å². The van der Waals surface area contributed by atoms with Gasteiger partial charge in [0.25, 0.3) is 5.91 Å². The fraction of sp³-hybridized carbons (Fsp3) is 0.333. The summed E-state index contributed by atoms with van der Waals surface area (Å²) >= 11 is 1.45. The average molecular weight is 399 g/mol. The molecule has 1 amide bonds. The van der Waals surface area contributed by atoms with Gasteiger partial charge in [-0.15, -0.1) is 0 Å². The highest BCUT2D eigenvalue weighted by Gasteiger charge is 2.15. The Bertz CT molecular complexity index is 949. The number of quaternary nitrogens is 1. The van der Waals surface area contributed by atoms with Gasteiger partial charge in [0.05, 0.1) is 30.0 Å². The smallest absolute Gasteiger partial charge is 0.257 e. The van der Waals surface area contributed by atoms with Crippen LogP contribution in [0.15, 0.2) is 42.5 Å². The van der Waals surface area contributed by atoms with Crippen LogP contribution in [0.4, 0.5) is 5.13 Å². The molecule has 0 bridgehead atoms. The maximum absolute atomic E-state index is 12.6. The molecule has 1 aliphatic rings. The molecular weight excluding hydrogens is 374 g/mol. The van der Waals surface area contributed by atoms with Gasteiger partial charge in [-0.3, -0.25) is 10.1 Å². The molecule has 2 N–H and O–H groups in total. The van der Waals surface area contributed by atoms with E-state index in [4.69, 9.17) is 9.47 Å². The van der Waals surface area contributed by atoms with Crippen LogP contribution >= 0.6 is 11.3 Å². The predicted molar refractivity (Wildman–Crippen MR) is 110 cm³/mol. The highest BCUT2D eigenvalue weighted by Crippen LogP contribution is 2.29. The maximum atomic E-state index is 12.6. The second-order valence-electron chi connectivity index (χ2n) is 6.77. The second-order valence-corrected chi connectivity index (χ2v) is 7.80. The topological polar surface area (TPSA) is 64.9 Å². The lowest BCUT2D eigenvalue weighted by molar-refractivity contribution is -0.921. The number of aromatic nitrogens is 1. The Labute approximate surface area is 168 Å². The van der Waals surface area contributed by atoms with E-state index in [-0.39, 0.29) is 5.91 Å². The molecule has 2 heterocycles. The first-order chi connectivity index (χ1) is 13.7. The SMILES string of the molecule is CCOc1ccc2nc(NC(=O)c3ccc(C[NH+]4CCOCC4)cc3)sc2c1. The lowest BCUT2D eigenvalue weighted by atomic mass is 10.1. The summed E-state index contributed by atoms with van der Waals surface area (Å²) < 4.78 is 11.9. The number of hydrogen-bond acceptors (Lipinski definition) is 5. The first-order valence-corrected chi connectivity index (χ1v) is 10.4. The molecule has 0 radical (unpaired) electrons. The fourth-order valence-corrected chi connectivity index (χ4v) is 4.17. The van der Waals surface area contributed by atoms with Crippen molar-refractivity contribution in [2.24, 2.45) is 0 Å². The Kier molecular flexibility index (Phi) is 5.85. The van der Waals surface area contributed by atoms with E-state index in [9.17, 15) is 4.79 Å². The fourth-order valence-electron chi connectivity index (χ4n) is 3.28. The molecule has 1 saturated heterocycles. The Hall–Kier alpha value is -2.48. The minimum atomic E-state index is -0.144. The number of amides is 1. The summed E-state index contributed by atoms with van der Waals surface area (Å²) in [5, 5.41) is 3.50. The molecule has 146 valence electrons. The second kappa shape index (κ2) is 8.68. The molecule has 0 aliphatic carbocycles. The first-order valence-electron chi connectivity index (χ1n) is 9.56. The molecule has 7 heteroatoms. The van der Waals surface area contributed by atoms with Crippen molar-refractivity contribution in [1.82, 2.24) is 4.98 Å². The number of benzene rings is 2. The van der Waals surface area contributed by atoms with E-state index in [1.165, 1.54) is 21.8 Å². The summed E-state index contributed by atoms with van der Waals surface area (Å²) in [5.74, 6) is 0.670. The number of morpholine rings is 1. The van der Waals surface area contributed by atoms with Gasteiger partial charge in [-0.2, -0.15) is 0 Å². The molecule has 6 nitrogen and oxygen atoms in total. The van der Waals surface area contributed by atoms with E-state index in [0.717, 1.165) is 48.8 Å². The number of thiazole rings is 1. The Morgan fingerprint density at radius 3 is 2.75 bits per heavy atom. The van der Waals surface area contributed by atoms with Crippen LogP contribution < -0.4 is 15.0 Å². The molecule has 4 rings (SSSR count). The Balaban J connectivity index is 1.40. The minimum Gasteiger partial charge on any atom is -0.494 e. The monoisotopic (exact) mass is 398 g/mol. The van der Waals surface area contributed by atoms with Gasteiger partial charge >= 0.3 is 0 Å². The zero-order chi connectivity index (χ0) is 19.3. The van der Waals surface area contributed by atoms with Gasteiger partial charge in [-0.1, -0.05) is 23.5 Å². The highest BCUT2D eigenvalue weighted by atomic mass is 32.1. The number of anilines is 1. The van der Waals surface area contributed by atoms with E-state index in [1.54, 1.807) is 0 Å². The molecule has 0 atom stereocenters. The number of nitrogens with one attached hydrogen (secondary N) is 2. The molecule has 1 fully saturated rings. The molecule has 0 unspecified atom stereocenters. The van der Waals surface area contributed by atoms with Crippen molar-refractivity contribution in [3.05, 3.63) is 53.6 Å². The lowest BCUT2D eigenvalue weighted by Crippen LogP contribution is -3.12. The van der Waals surface area contributed by atoms with E-state index in [0.29, 0.717) is 17.3 Å². The van der Waals surface area contributed by atoms with Crippen molar-refractivity contribution in [3.8, 4) is 5.75 Å². The summed E-state index contributed by atoms with van der Waals surface area (Å²) in [5.41, 5.74) is 2.72. The van der Waals surface area contributed by atoms with Crippen molar-refractivity contribution in [3.63, 3.8) is 0 Å². The average Bonchev–Trinajstić information content (AvgIpc) is 3.11. The molecule has 0 spiro atoms. The standard InChI is InChI=1S/C21H23N3O3S/c1-2-27-17-7-8-18-19(13-17)28-21(22-18)23-20(25)16-5-3-15(4-6-16)14-24-9-11-26-12-10-24/h3-8,13H,2,9-12,14H2,1H3,(H,22,23,25)/p+1. The molecule has 2 aromatic carbocycles. The van der Waals surface area contributed by atoms with Gasteiger partial charge in [0, 0.05) is 11.1 Å². The zero-order valence-corrected chi connectivity index (χ0v) is 16.7. The van der Waals surface area contributed by atoms with Gasteiger partial charge in [0.15, 0.2) is 5.13 Å². The van der Waals surface area contributed by atoms with Crippen molar-refractivity contribution in [1.29, 1.82) is 0 Å². The maximum Gasteiger partial charge on any atom is 0.257 e. The number of carbonyl (C=O) groups excluding carboxylic acids is 1. The quantitative estimate of drug-likeness (QED) is 0.669. The number of carbonyl (C=O) groups is 1. The number of hydrogen-bond donors (Lipinski definition) is 2. The van der Waals surface area contributed by atoms with E-state index in [2.05, 4.69) is 10.3 Å². The Morgan fingerprint density at radius 2 is 2.00 bits per heavy atom.